The fraction of sp³-hybridized carbons (Fsp3) is 1.00. The van der Waals surface area contributed by atoms with Crippen molar-refractivity contribution in [2.24, 2.45) is 11.8 Å². The van der Waals surface area contributed by atoms with E-state index in [0.717, 1.165) is 23.9 Å². The molecule has 0 spiro atoms. The van der Waals surface area contributed by atoms with Crippen LogP contribution in [0.5, 0.6) is 0 Å². The first-order chi connectivity index (χ1) is 7.27. The molecule has 1 aliphatic carbocycles. The molecule has 1 heterocycles. The highest BCUT2D eigenvalue weighted by molar-refractivity contribution is 4.85. The van der Waals surface area contributed by atoms with Crippen LogP contribution in [0.15, 0.2) is 0 Å². The predicted molar refractivity (Wildman–Crippen MR) is 65.0 cm³/mol. The molecule has 4 atom stereocenters. The van der Waals surface area contributed by atoms with Crippen molar-refractivity contribution in [3.63, 3.8) is 0 Å². The van der Waals surface area contributed by atoms with E-state index < -0.39 is 0 Å². The van der Waals surface area contributed by atoms with Crippen LogP contribution in [0.2, 0.25) is 0 Å². The van der Waals surface area contributed by atoms with Crippen LogP contribution in [-0.2, 0) is 0 Å². The first-order valence-electron chi connectivity index (χ1n) is 6.74. The van der Waals surface area contributed by atoms with Crippen LogP contribution in [-0.4, -0.2) is 25.2 Å². The quantitative estimate of drug-likeness (QED) is 0.746. The van der Waals surface area contributed by atoms with E-state index in [0.29, 0.717) is 0 Å². The summed E-state index contributed by atoms with van der Waals surface area (Å²) in [7, 11) is 0. The van der Waals surface area contributed by atoms with Crippen molar-refractivity contribution >= 4 is 0 Å². The van der Waals surface area contributed by atoms with Gasteiger partial charge in [-0.2, -0.15) is 0 Å². The highest BCUT2D eigenvalue weighted by Crippen LogP contribution is 2.29. The molecule has 2 rings (SSSR count). The van der Waals surface area contributed by atoms with Crippen molar-refractivity contribution in [2.45, 2.75) is 58.0 Å². The highest BCUT2D eigenvalue weighted by Gasteiger charge is 2.27. The second-order valence-electron chi connectivity index (χ2n) is 5.58. The topological polar surface area (TPSA) is 24.1 Å². The zero-order valence-electron chi connectivity index (χ0n) is 10.3. The van der Waals surface area contributed by atoms with E-state index in [9.17, 15) is 0 Å². The second-order valence-corrected chi connectivity index (χ2v) is 5.58. The molecule has 1 saturated carbocycles. The molecule has 1 saturated heterocycles. The Balaban J connectivity index is 1.72. The first-order valence-corrected chi connectivity index (χ1v) is 6.74. The summed E-state index contributed by atoms with van der Waals surface area (Å²) in [5.74, 6) is 1.77. The Morgan fingerprint density at radius 1 is 1.13 bits per heavy atom. The summed E-state index contributed by atoms with van der Waals surface area (Å²) in [5, 5.41) is 7.34. The van der Waals surface area contributed by atoms with Crippen molar-refractivity contribution in [3.05, 3.63) is 0 Å². The van der Waals surface area contributed by atoms with Crippen LogP contribution in [0.3, 0.4) is 0 Å². The minimum Gasteiger partial charge on any atom is -0.313 e. The number of hydrogen-bond acceptors (Lipinski definition) is 2. The summed E-state index contributed by atoms with van der Waals surface area (Å²) in [4.78, 5) is 0. The highest BCUT2D eigenvalue weighted by atomic mass is 15.0. The molecule has 0 radical (unpaired) electrons. The van der Waals surface area contributed by atoms with Gasteiger partial charge in [0.25, 0.3) is 0 Å². The van der Waals surface area contributed by atoms with Gasteiger partial charge in [0.1, 0.15) is 0 Å². The van der Waals surface area contributed by atoms with E-state index in [4.69, 9.17) is 0 Å². The van der Waals surface area contributed by atoms with Gasteiger partial charge in [-0.15, -0.1) is 0 Å². The maximum Gasteiger partial charge on any atom is 0.0193 e. The number of rotatable bonds is 3. The van der Waals surface area contributed by atoms with Gasteiger partial charge >= 0.3 is 0 Å². The molecule has 1 aliphatic heterocycles. The number of hydrogen-bond donors (Lipinski definition) is 2. The van der Waals surface area contributed by atoms with Crippen LogP contribution in [0.1, 0.15) is 46.0 Å². The van der Waals surface area contributed by atoms with Crippen molar-refractivity contribution in [2.75, 3.05) is 13.1 Å². The fourth-order valence-corrected chi connectivity index (χ4v) is 3.09. The molecule has 0 aromatic rings. The zero-order chi connectivity index (χ0) is 10.7. The summed E-state index contributed by atoms with van der Waals surface area (Å²) in [6, 6.07) is 1.52. The van der Waals surface area contributed by atoms with Gasteiger partial charge in [-0.3, -0.25) is 0 Å². The van der Waals surface area contributed by atoms with Gasteiger partial charge in [0.05, 0.1) is 0 Å². The minimum atomic E-state index is 0.745. The van der Waals surface area contributed by atoms with E-state index in [1.165, 1.54) is 45.2 Å². The molecule has 0 aromatic heterocycles. The van der Waals surface area contributed by atoms with Gasteiger partial charge in [-0.25, -0.2) is 0 Å². The fourth-order valence-electron chi connectivity index (χ4n) is 3.09. The van der Waals surface area contributed by atoms with Gasteiger partial charge in [0.2, 0.25) is 0 Å². The summed E-state index contributed by atoms with van der Waals surface area (Å²) >= 11 is 0. The summed E-state index contributed by atoms with van der Waals surface area (Å²) in [6.45, 7) is 7.24. The Hall–Kier alpha value is -0.0800. The van der Waals surface area contributed by atoms with E-state index in [-0.39, 0.29) is 0 Å². The molecule has 0 aromatic carbocycles. The molecule has 0 bridgehead atoms. The standard InChI is InChI=1S/C13H26N2/c1-10-5-3-7-13(11(10)2)15-9-12-6-4-8-14-12/h10-15H,3-9H2,1-2H3. The Morgan fingerprint density at radius 2 is 2.00 bits per heavy atom. The largest absolute Gasteiger partial charge is 0.313 e. The second kappa shape index (κ2) is 5.31. The molecule has 88 valence electrons. The third-order valence-electron chi connectivity index (χ3n) is 4.50. The van der Waals surface area contributed by atoms with Gasteiger partial charge in [0.15, 0.2) is 0 Å². The van der Waals surface area contributed by atoms with Crippen molar-refractivity contribution < 1.29 is 0 Å². The molecule has 2 N–H and O–H groups in total. The van der Waals surface area contributed by atoms with Gasteiger partial charge in [-0.1, -0.05) is 26.7 Å². The Morgan fingerprint density at radius 3 is 2.73 bits per heavy atom. The monoisotopic (exact) mass is 210 g/mol. The maximum absolute atomic E-state index is 3.78. The SMILES string of the molecule is CC1CCCC(NCC2CCCN2)C1C. The van der Waals surface area contributed by atoms with Crippen molar-refractivity contribution in [1.82, 2.24) is 10.6 Å². The molecular formula is C13H26N2. The van der Waals surface area contributed by atoms with Crippen molar-refractivity contribution in [1.29, 1.82) is 0 Å². The maximum atomic E-state index is 3.78. The average Bonchev–Trinajstić information content (AvgIpc) is 2.73. The molecule has 2 nitrogen and oxygen atoms in total. The predicted octanol–water partition coefficient (Wildman–Crippen LogP) is 2.15. The van der Waals surface area contributed by atoms with E-state index in [1.807, 2.05) is 0 Å². The van der Waals surface area contributed by atoms with E-state index in [2.05, 4.69) is 24.5 Å². The van der Waals surface area contributed by atoms with E-state index in [1.54, 1.807) is 0 Å². The lowest BCUT2D eigenvalue weighted by Gasteiger charge is -2.35. The normalized spacial score (nSPS) is 42.0. The summed E-state index contributed by atoms with van der Waals surface area (Å²) in [6.07, 6.45) is 6.97. The Bertz CT molecular complexity index is 187. The van der Waals surface area contributed by atoms with Crippen LogP contribution in [0.25, 0.3) is 0 Å². The molecule has 15 heavy (non-hydrogen) atoms. The summed E-state index contributed by atoms with van der Waals surface area (Å²) in [5.41, 5.74) is 0. The van der Waals surface area contributed by atoms with Gasteiger partial charge in [-0.05, 0) is 37.6 Å². The zero-order valence-corrected chi connectivity index (χ0v) is 10.3. The molecule has 2 aliphatic rings. The third kappa shape index (κ3) is 2.94. The van der Waals surface area contributed by atoms with Gasteiger partial charge in [0, 0.05) is 18.6 Å². The number of nitrogens with one attached hydrogen (secondary N) is 2. The molecule has 4 unspecified atom stereocenters. The Kier molecular flexibility index (Phi) is 4.04. The lowest BCUT2D eigenvalue weighted by molar-refractivity contribution is 0.204. The Labute approximate surface area is 94.2 Å². The lowest BCUT2D eigenvalue weighted by atomic mass is 9.78. The van der Waals surface area contributed by atoms with Crippen LogP contribution >= 0.6 is 0 Å². The summed E-state index contributed by atoms with van der Waals surface area (Å²) < 4.78 is 0. The average molecular weight is 210 g/mol. The van der Waals surface area contributed by atoms with Crippen LogP contribution in [0, 0.1) is 11.8 Å². The third-order valence-corrected chi connectivity index (χ3v) is 4.50. The van der Waals surface area contributed by atoms with Crippen molar-refractivity contribution in [3.8, 4) is 0 Å². The van der Waals surface area contributed by atoms with E-state index >= 15 is 0 Å². The first kappa shape index (κ1) is 11.4. The molecule has 2 fully saturated rings. The minimum absolute atomic E-state index is 0.745. The van der Waals surface area contributed by atoms with Crippen LogP contribution < -0.4 is 10.6 Å². The molecular weight excluding hydrogens is 184 g/mol. The smallest absolute Gasteiger partial charge is 0.0193 e. The van der Waals surface area contributed by atoms with Gasteiger partial charge < -0.3 is 10.6 Å². The van der Waals surface area contributed by atoms with Crippen LogP contribution in [0.4, 0.5) is 0 Å². The molecule has 0 amide bonds. The lowest BCUT2D eigenvalue weighted by Crippen LogP contribution is -2.45. The molecule has 2 heteroatoms.